The molecule has 110 valence electrons. The third-order valence-corrected chi connectivity index (χ3v) is 3.97. The molecule has 1 aromatic carbocycles. The first-order valence-electron chi connectivity index (χ1n) is 7.30. The normalized spacial score (nSPS) is 17.6. The monoisotopic (exact) mass is 276 g/mol. The van der Waals surface area contributed by atoms with Crippen LogP contribution in [-0.2, 0) is 22.4 Å². The van der Waals surface area contributed by atoms with E-state index in [9.17, 15) is 4.79 Å². The Morgan fingerprint density at radius 2 is 2.10 bits per heavy atom. The van der Waals surface area contributed by atoms with E-state index in [0.29, 0.717) is 26.2 Å². The van der Waals surface area contributed by atoms with Gasteiger partial charge >= 0.3 is 0 Å². The SMILES string of the molecule is COCCN(CCN)C(=O)C1CCc2ccccc2C1. The van der Waals surface area contributed by atoms with E-state index < -0.39 is 0 Å². The molecular weight excluding hydrogens is 252 g/mol. The lowest BCUT2D eigenvalue weighted by atomic mass is 9.83. The molecule has 1 aliphatic carbocycles. The van der Waals surface area contributed by atoms with Gasteiger partial charge in [0.25, 0.3) is 0 Å². The Labute approximate surface area is 120 Å². The Morgan fingerprint density at radius 1 is 1.35 bits per heavy atom. The van der Waals surface area contributed by atoms with E-state index in [1.807, 2.05) is 11.0 Å². The highest BCUT2D eigenvalue weighted by atomic mass is 16.5. The molecule has 4 nitrogen and oxygen atoms in total. The number of aryl methyl sites for hydroxylation is 1. The van der Waals surface area contributed by atoms with Gasteiger partial charge in [-0.2, -0.15) is 0 Å². The molecule has 2 N–H and O–H groups in total. The van der Waals surface area contributed by atoms with Crippen molar-refractivity contribution in [1.82, 2.24) is 4.90 Å². The maximum Gasteiger partial charge on any atom is 0.226 e. The highest BCUT2D eigenvalue weighted by Gasteiger charge is 2.27. The maximum absolute atomic E-state index is 12.6. The van der Waals surface area contributed by atoms with E-state index in [1.165, 1.54) is 11.1 Å². The quantitative estimate of drug-likeness (QED) is 0.850. The summed E-state index contributed by atoms with van der Waals surface area (Å²) in [5.41, 5.74) is 8.31. The number of benzene rings is 1. The average molecular weight is 276 g/mol. The van der Waals surface area contributed by atoms with Crippen LogP contribution in [0.15, 0.2) is 24.3 Å². The van der Waals surface area contributed by atoms with Crippen molar-refractivity contribution in [3.63, 3.8) is 0 Å². The molecule has 1 atom stereocenters. The van der Waals surface area contributed by atoms with Crippen LogP contribution in [0.5, 0.6) is 0 Å². The standard InChI is InChI=1S/C16H24N2O2/c1-20-11-10-18(9-8-17)16(19)15-7-6-13-4-2-3-5-14(13)12-15/h2-5,15H,6-12,17H2,1H3. The van der Waals surface area contributed by atoms with Gasteiger partial charge in [-0.25, -0.2) is 0 Å². The zero-order chi connectivity index (χ0) is 14.4. The van der Waals surface area contributed by atoms with Gasteiger partial charge in [-0.15, -0.1) is 0 Å². The fourth-order valence-corrected chi connectivity index (χ4v) is 2.86. The van der Waals surface area contributed by atoms with Crippen LogP contribution in [0, 0.1) is 5.92 Å². The first-order valence-corrected chi connectivity index (χ1v) is 7.30. The van der Waals surface area contributed by atoms with Crippen LogP contribution in [0.1, 0.15) is 17.5 Å². The number of hydrogen-bond acceptors (Lipinski definition) is 3. The lowest BCUT2D eigenvalue weighted by Crippen LogP contribution is -2.42. The molecule has 2 rings (SSSR count). The Morgan fingerprint density at radius 3 is 2.80 bits per heavy atom. The van der Waals surface area contributed by atoms with E-state index in [4.69, 9.17) is 10.5 Å². The first-order chi connectivity index (χ1) is 9.76. The van der Waals surface area contributed by atoms with Crippen molar-refractivity contribution in [3.8, 4) is 0 Å². The first kappa shape index (κ1) is 15.0. The lowest BCUT2D eigenvalue weighted by Gasteiger charge is -2.30. The van der Waals surface area contributed by atoms with Crippen molar-refractivity contribution in [2.75, 3.05) is 33.4 Å². The molecule has 1 amide bonds. The molecule has 1 aliphatic rings. The second-order valence-electron chi connectivity index (χ2n) is 5.32. The Hall–Kier alpha value is -1.39. The second kappa shape index (κ2) is 7.41. The maximum atomic E-state index is 12.6. The molecule has 0 heterocycles. The summed E-state index contributed by atoms with van der Waals surface area (Å²) in [4.78, 5) is 14.5. The van der Waals surface area contributed by atoms with Gasteiger partial charge in [-0.3, -0.25) is 4.79 Å². The minimum absolute atomic E-state index is 0.0910. The van der Waals surface area contributed by atoms with E-state index in [0.717, 1.165) is 19.3 Å². The Balaban J connectivity index is 2.01. The van der Waals surface area contributed by atoms with Gasteiger partial charge < -0.3 is 15.4 Å². The number of hydrogen-bond donors (Lipinski definition) is 1. The molecule has 1 aromatic rings. The zero-order valence-corrected chi connectivity index (χ0v) is 12.2. The molecule has 0 radical (unpaired) electrons. The summed E-state index contributed by atoms with van der Waals surface area (Å²) in [7, 11) is 1.65. The van der Waals surface area contributed by atoms with Crippen LogP contribution >= 0.6 is 0 Å². The van der Waals surface area contributed by atoms with E-state index in [-0.39, 0.29) is 11.8 Å². The number of methoxy groups -OCH3 is 1. The number of carbonyl (C=O) groups is 1. The Bertz CT molecular complexity index is 448. The van der Waals surface area contributed by atoms with Gasteiger partial charge in [0.2, 0.25) is 5.91 Å². The smallest absolute Gasteiger partial charge is 0.226 e. The summed E-state index contributed by atoms with van der Waals surface area (Å²) in [6, 6.07) is 8.42. The van der Waals surface area contributed by atoms with E-state index in [1.54, 1.807) is 7.11 Å². The largest absolute Gasteiger partial charge is 0.383 e. The number of nitrogens with two attached hydrogens (primary N) is 1. The predicted octanol–water partition coefficient (Wildman–Crippen LogP) is 1.23. The van der Waals surface area contributed by atoms with Crippen molar-refractivity contribution in [2.24, 2.45) is 11.7 Å². The zero-order valence-electron chi connectivity index (χ0n) is 12.2. The fraction of sp³-hybridized carbons (Fsp3) is 0.562. The van der Waals surface area contributed by atoms with Crippen LogP contribution in [0.2, 0.25) is 0 Å². The van der Waals surface area contributed by atoms with Gasteiger partial charge in [-0.1, -0.05) is 24.3 Å². The van der Waals surface area contributed by atoms with Crippen LogP contribution in [0.4, 0.5) is 0 Å². The molecule has 0 saturated heterocycles. The van der Waals surface area contributed by atoms with Crippen molar-refractivity contribution < 1.29 is 9.53 Å². The van der Waals surface area contributed by atoms with E-state index in [2.05, 4.69) is 18.2 Å². The molecule has 1 unspecified atom stereocenters. The van der Waals surface area contributed by atoms with Crippen molar-refractivity contribution in [2.45, 2.75) is 19.3 Å². The average Bonchev–Trinajstić information content (AvgIpc) is 2.50. The van der Waals surface area contributed by atoms with Crippen LogP contribution in [0.3, 0.4) is 0 Å². The van der Waals surface area contributed by atoms with Gasteiger partial charge in [0, 0.05) is 32.7 Å². The molecule has 0 saturated carbocycles. The molecule has 0 aliphatic heterocycles. The van der Waals surface area contributed by atoms with Crippen LogP contribution in [0.25, 0.3) is 0 Å². The van der Waals surface area contributed by atoms with Crippen molar-refractivity contribution in [3.05, 3.63) is 35.4 Å². The second-order valence-corrected chi connectivity index (χ2v) is 5.32. The third kappa shape index (κ3) is 3.58. The van der Waals surface area contributed by atoms with Crippen molar-refractivity contribution >= 4 is 5.91 Å². The number of ether oxygens (including phenoxy) is 1. The van der Waals surface area contributed by atoms with Gasteiger partial charge in [0.05, 0.1) is 6.61 Å². The highest BCUT2D eigenvalue weighted by Crippen LogP contribution is 2.26. The number of nitrogens with zero attached hydrogens (tertiary/aromatic N) is 1. The van der Waals surface area contributed by atoms with Crippen molar-refractivity contribution in [1.29, 1.82) is 0 Å². The predicted molar refractivity (Wildman–Crippen MR) is 79.5 cm³/mol. The summed E-state index contributed by atoms with van der Waals surface area (Å²) in [6.07, 6.45) is 2.78. The van der Waals surface area contributed by atoms with Gasteiger partial charge in [0.15, 0.2) is 0 Å². The molecule has 4 heteroatoms. The number of rotatable bonds is 6. The van der Waals surface area contributed by atoms with Gasteiger partial charge in [0.1, 0.15) is 0 Å². The van der Waals surface area contributed by atoms with E-state index >= 15 is 0 Å². The molecule has 0 bridgehead atoms. The summed E-state index contributed by atoms with van der Waals surface area (Å²) in [6.45, 7) is 2.30. The van der Waals surface area contributed by atoms with Crippen LogP contribution < -0.4 is 5.73 Å². The molecule has 0 spiro atoms. The molecule has 0 aromatic heterocycles. The molecular formula is C16H24N2O2. The number of carbonyl (C=O) groups excluding carboxylic acids is 1. The summed E-state index contributed by atoms with van der Waals surface area (Å²) < 4.78 is 5.08. The van der Waals surface area contributed by atoms with Gasteiger partial charge in [-0.05, 0) is 30.4 Å². The minimum Gasteiger partial charge on any atom is -0.383 e. The fourth-order valence-electron chi connectivity index (χ4n) is 2.86. The minimum atomic E-state index is 0.0910. The summed E-state index contributed by atoms with van der Waals surface area (Å²) in [5.74, 6) is 0.315. The molecule has 20 heavy (non-hydrogen) atoms. The number of amides is 1. The Kier molecular flexibility index (Phi) is 5.56. The topological polar surface area (TPSA) is 55.6 Å². The third-order valence-electron chi connectivity index (χ3n) is 3.97. The highest BCUT2D eigenvalue weighted by molar-refractivity contribution is 5.79. The van der Waals surface area contributed by atoms with Crippen LogP contribution in [-0.4, -0.2) is 44.2 Å². The number of fused-ring (bicyclic) bond motifs is 1. The lowest BCUT2D eigenvalue weighted by molar-refractivity contribution is -0.136. The molecule has 0 fully saturated rings. The summed E-state index contributed by atoms with van der Waals surface area (Å²) in [5, 5.41) is 0. The summed E-state index contributed by atoms with van der Waals surface area (Å²) >= 11 is 0.